The molecule has 1 aliphatic heterocycles. The lowest BCUT2D eigenvalue weighted by Gasteiger charge is -2.24. The van der Waals surface area contributed by atoms with Gasteiger partial charge < -0.3 is 15.0 Å². The quantitative estimate of drug-likeness (QED) is 0.651. The van der Waals surface area contributed by atoms with Gasteiger partial charge in [-0.2, -0.15) is 0 Å². The van der Waals surface area contributed by atoms with Crippen LogP contribution in [0.4, 0.5) is 0 Å². The Balaban J connectivity index is 2.53. The fourth-order valence-electron chi connectivity index (χ4n) is 1.58. The maximum absolute atomic E-state index is 9.60. The maximum atomic E-state index is 9.60. The van der Waals surface area contributed by atoms with E-state index in [1.807, 2.05) is 6.08 Å². The lowest BCUT2D eigenvalue weighted by molar-refractivity contribution is 0.150. The molecule has 0 saturated carbocycles. The zero-order chi connectivity index (χ0) is 10.3. The highest BCUT2D eigenvalue weighted by Crippen LogP contribution is 2.25. The first-order valence-corrected chi connectivity index (χ1v) is 4.68. The summed E-state index contributed by atoms with van der Waals surface area (Å²) in [7, 11) is 0. The Kier molecular flexibility index (Phi) is 1.89. The molecule has 0 radical (unpaired) electrons. The lowest BCUT2D eigenvalue weighted by Crippen LogP contribution is -2.25. The molecule has 0 spiro atoms. The monoisotopic (exact) mass is 193 g/mol. The van der Waals surface area contributed by atoms with Gasteiger partial charge in [0, 0.05) is 11.7 Å². The van der Waals surface area contributed by atoms with E-state index in [4.69, 9.17) is 0 Å². The van der Waals surface area contributed by atoms with E-state index < -0.39 is 6.23 Å². The van der Waals surface area contributed by atoms with E-state index in [1.54, 1.807) is 12.5 Å². The number of nitrogens with zero attached hydrogens (tertiary/aromatic N) is 2. The zero-order valence-corrected chi connectivity index (χ0v) is 8.65. The molecule has 2 heterocycles. The molecule has 0 aromatic carbocycles. The summed E-state index contributed by atoms with van der Waals surface area (Å²) >= 11 is 0. The van der Waals surface area contributed by atoms with E-state index in [0.717, 1.165) is 5.69 Å². The van der Waals surface area contributed by atoms with Gasteiger partial charge in [-0.25, -0.2) is 4.98 Å². The molecule has 4 nitrogen and oxygen atoms in total. The number of hydrogen-bond donors (Lipinski definition) is 2. The van der Waals surface area contributed by atoms with Gasteiger partial charge in [0.25, 0.3) is 0 Å². The van der Waals surface area contributed by atoms with Crippen molar-refractivity contribution in [2.24, 2.45) is 0 Å². The summed E-state index contributed by atoms with van der Waals surface area (Å²) in [5, 5.41) is 12.4. The average molecular weight is 193 g/mol. The van der Waals surface area contributed by atoms with Crippen molar-refractivity contribution >= 4 is 6.08 Å². The molecule has 76 valence electrons. The molecule has 1 atom stereocenters. The van der Waals surface area contributed by atoms with Gasteiger partial charge >= 0.3 is 0 Å². The highest BCUT2D eigenvalue weighted by molar-refractivity contribution is 5.51. The Hall–Kier alpha value is -1.29. The Morgan fingerprint density at radius 1 is 1.50 bits per heavy atom. The van der Waals surface area contributed by atoms with E-state index in [-0.39, 0.29) is 5.54 Å². The number of hydrogen-bond acceptors (Lipinski definition) is 3. The van der Waals surface area contributed by atoms with Crippen molar-refractivity contribution in [2.75, 3.05) is 0 Å². The van der Waals surface area contributed by atoms with Crippen molar-refractivity contribution in [3.8, 4) is 0 Å². The van der Waals surface area contributed by atoms with Gasteiger partial charge in [0.15, 0.2) is 6.23 Å². The second kappa shape index (κ2) is 2.85. The summed E-state index contributed by atoms with van der Waals surface area (Å²) in [6.45, 7) is 6.33. The lowest BCUT2D eigenvalue weighted by atomic mass is 10.1. The smallest absolute Gasteiger partial charge is 0.169 e. The van der Waals surface area contributed by atoms with Crippen LogP contribution in [-0.4, -0.2) is 14.7 Å². The first-order valence-electron chi connectivity index (χ1n) is 4.68. The van der Waals surface area contributed by atoms with Gasteiger partial charge in [0.05, 0.1) is 12.0 Å². The topological polar surface area (TPSA) is 50.1 Å². The molecule has 1 aromatic rings. The van der Waals surface area contributed by atoms with E-state index in [0.29, 0.717) is 5.69 Å². The molecule has 0 fully saturated rings. The number of aromatic nitrogens is 2. The highest BCUT2D eigenvalue weighted by atomic mass is 16.3. The second-order valence-electron chi connectivity index (χ2n) is 4.46. The molecule has 2 rings (SSSR count). The van der Waals surface area contributed by atoms with Crippen LogP contribution in [0.3, 0.4) is 0 Å². The predicted octanol–water partition coefficient (Wildman–Crippen LogP) is 1.20. The molecule has 0 bridgehead atoms. The van der Waals surface area contributed by atoms with E-state index in [9.17, 15) is 5.11 Å². The van der Waals surface area contributed by atoms with Crippen LogP contribution < -0.4 is 5.32 Å². The molecule has 1 aromatic heterocycles. The maximum Gasteiger partial charge on any atom is 0.169 e. The third kappa shape index (κ3) is 1.32. The minimum atomic E-state index is -0.682. The van der Waals surface area contributed by atoms with Crippen LogP contribution >= 0.6 is 0 Å². The number of aliphatic hydroxyl groups is 1. The molecular formula is C10H15N3O. The standard InChI is InChI=1S/C10H15N3O/c1-10(2,3)13-6-12-8-7(13)4-5-11-9(8)14/h4-6,9,11,14H,1-3H3. The van der Waals surface area contributed by atoms with Crippen LogP contribution in [0.15, 0.2) is 12.5 Å². The van der Waals surface area contributed by atoms with Crippen molar-refractivity contribution in [1.29, 1.82) is 0 Å². The SMILES string of the molecule is CC(C)(C)n1cnc2c1C=CNC2O. The van der Waals surface area contributed by atoms with Crippen LogP contribution in [-0.2, 0) is 5.54 Å². The van der Waals surface area contributed by atoms with E-state index in [1.165, 1.54) is 0 Å². The molecule has 1 unspecified atom stereocenters. The molecular weight excluding hydrogens is 178 g/mol. The minimum absolute atomic E-state index is 0.0119. The Morgan fingerprint density at radius 2 is 2.21 bits per heavy atom. The molecule has 0 aliphatic carbocycles. The number of imidazole rings is 1. The minimum Gasteiger partial charge on any atom is -0.368 e. The first-order chi connectivity index (χ1) is 6.50. The summed E-state index contributed by atoms with van der Waals surface area (Å²) < 4.78 is 2.06. The third-order valence-electron chi connectivity index (χ3n) is 2.31. The van der Waals surface area contributed by atoms with Crippen LogP contribution in [0.25, 0.3) is 6.08 Å². The van der Waals surface area contributed by atoms with Crippen molar-refractivity contribution in [3.05, 3.63) is 23.9 Å². The van der Waals surface area contributed by atoms with Gasteiger partial charge in [-0.05, 0) is 26.8 Å². The van der Waals surface area contributed by atoms with Gasteiger partial charge in [0.2, 0.25) is 0 Å². The Morgan fingerprint density at radius 3 is 2.86 bits per heavy atom. The normalized spacial score (nSPS) is 20.4. The Labute approximate surface area is 83.3 Å². The van der Waals surface area contributed by atoms with Crippen LogP contribution in [0.5, 0.6) is 0 Å². The zero-order valence-electron chi connectivity index (χ0n) is 8.65. The third-order valence-corrected chi connectivity index (χ3v) is 2.31. The fraction of sp³-hybridized carbons (Fsp3) is 0.500. The summed E-state index contributed by atoms with van der Waals surface area (Å²) in [6.07, 6.45) is 4.77. The number of aliphatic hydroxyl groups excluding tert-OH is 1. The summed E-state index contributed by atoms with van der Waals surface area (Å²) in [4.78, 5) is 4.20. The van der Waals surface area contributed by atoms with Crippen molar-refractivity contribution in [2.45, 2.75) is 32.5 Å². The van der Waals surface area contributed by atoms with Gasteiger partial charge in [-0.3, -0.25) is 0 Å². The second-order valence-corrected chi connectivity index (χ2v) is 4.46. The van der Waals surface area contributed by atoms with Crippen molar-refractivity contribution < 1.29 is 5.11 Å². The summed E-state index contributed by atoms with van der Waals surface area (Å²) in [5.41, 5.74) is 1.66. The van der Waals surface area contributed by atoms with Crippen LogP contribution in [0.2, 0.25) is 0 Å². The Bertz CT molecular complexity index is 373. The van der Waals surface area contributed by atoms with Gasteiger partial charge in [0.1, 0.15) is 5.69 Å². The van der Waals surface area contributed by atoms with E-state index >= 15 is 0 Å². The first kappa shape index (κ1) is 9.27. The molecule has 14 heavy (non-hydrogen) atoms. The predicted molar refractivity (Wildman–Crippen MR) is 54.4 cm³/mol. The van der Waals surface area contributed by atoms with Gasteiger partial charge in [-0.15, -0.1) is 0 Å². The van der Waals surface area contributed by atoms with Crippen molar-refractivity contribution in [3.63, 3.8) is 0 Å². The molecule has 4 heteroatoms. The number of rotatable bonds is 0. The molecule has 1 aliphatic rings. The molecule has 0 saturated heterocycles. The largest absolute Gasteiger partial charge is 0.368 e. The number of fused-ring (bicyclic) bond motifs is 1. The molecule has 2 N–H and O–H groups in total. The summed E-state index contributed by atoms with van der Waals surface area (Å²) in [6, 6.07) is 0. The fourth-order valence-corrected chi connectivity index (χ4v) is 1.58. The van der Waals surface area contributed by atoms with Crippen molar-refractivity contribution in [1.82, 2.24) is 14.9 Å². The van der Waals surface area contributed by atoms with Crippen LogP contribution in [0.1, 0.15) is 38.4 Å². The van der Waals surface area contributed by atoms with Gasteiger partial charge in [-0.1, -0.05) is 0 Å². The average Bonchev–Trinajstić information content (AvgIpc) is 2.47. The highest BCUT2D eigenvalue weighted by Gasteiger charge is 2.23. The van der Waals surface area contributed by atoms with E-state index in [2.05, 4.69) is 35.6 Å². The van der Waals surface area contributed by atoms with Crippen LogP contribution in [0, 0.1) is 0 Å². The summed E-state index contributed by atoms with van der Waals surface area (Å²) in [5.74, 6) is 0. The molecule has 0 amide bonds. The number of nitrogens with one attached hydrogen (secondary N) is 1.